The third-order valence-corrected chi connectivity index (χ3v) is 6.05. The van der Waals surface area contributed by atoms with Gasteiger partial charge in [-0.15, -0.1) is 5.10 Å². The molecule has 1 saturated heterocycles. The standard InChI is InChI=1S/C20H17F3N6S/c21-20(22,23)15-6-4-14(5-7-15)16-13-29-18(25-16)30-19(26-29)28-11-9-27(10-12-28)17-3-1-2-8-24-17/h1-8,13H,9-12H2. The molecule has 0 amide bonds. The fraction of sp³-hybridized carbons (Fsp3) is 0.250. The molecule has 0 N–H and O–H groups in total. The van der Waals surface area contributed by atoms with E-state index in [0.717, 1.165) is 49.3 Å². The smallest absolute Gasteiger partial charge is 0.353 e. The lowest BCUT2D eigenvalue weighted by Gasteiger charge is -2.34. The van der Waals surface area contributed by atoms with Crippen molar-refractivity contribution in [2.45, 2.75) is 6.18 Å². The molecule has 0 unspecified atom stereocenters. The van der Waals surface area contributed by atoms with Crippen LogP contribution in [-0.4, -0.2) is 45.8 Å². The molecule has 3 aromatic heterocycles. The Morgan fingerprint density at radius 2 is 1.63 bits per heavy atom. The van der Waals surface area contributed by atoms with E-state index in [0.29, 0.717) is 16.2 Å². The quantitative estimate of drug-likeness (QED) is 0.488. The molecular formula is C20H17F3N6S. The minimum atomic E-state index is -4.34. The van der Waals surface area contributed by atoms with Crippen molar-refractivity contribution in [2.24, 2.45) is 0 Å². The highest BCUT2D eigenvalue weighted by molar-refractivity contribution is 7.20. The Hall–Kier alpha value is -3.14. The number of aromatic nitrogens is 4. The maximum atomic E-state index is 12.7. The number of hydrogen-bond acceptors (Lipinski definition) is 6. The van der Waals surface area contributed by atoms with Gasteiger partial charge < -0.3 is 9.80 Å². The van der Waals surface area contributed by atoms with E-state index in [1.165, 1.54) is 23.5 Å². The van der Waals surface area contributed by atoms with Crippen LogP contribution in [0.2, 0.25) is 0 Å². The summed E-state index contributed by atoms with van der Waals surface area (Å²) in [6, 6.07) is 10.9. The van der Waals surface area contributed by atoms with Crippen LogP contribution in [0, 0.1) is 0 Å². The Kier molecular flexibility index (Phi) is 4.58. The van der Waals surface area contributed by atoms with E-state index in [-0.39, 0.29) is 0 Å². The number of halogens is 3. The molecule has 10 heteroatoms. The van der Waals surface area contributed by atoms with Crippen molar-refractivity contribution in [1.29, 1.82) is 0 Å². The summed E-state index contributed by atoms with van der Waals surface area (Å²) in [5, 5.41) is 5.51. The van der Waals surface area contributed by atoms with Gasteiger partial charge in [-0.3, -0.25) is 0 Å². The van der Waals surface area contributed by atoms with Crippen LogP contribution >= 0.6 is 11.3 Å². The molecule has 0 radical (unpaired) electrons. The van der Waals surface area contributed by atoms with Crippen LogP contribution in [0.25, 0.3) is 16.2 Å². The predicted molar refractivity (Wildman–Crippen MR) is 110 cm³/mol. The van der Waals surface area contributed by atoms with Crippen LogP contribution in [0.3, 0.4) is 0 Å². The van der Waals surface area contributed by atoms with Gasteiger partial charge in [0, 0.05) is 37.9 Å². The van der Waals surface area contributed by atoms with Crippen molar-refractivity contribution in [3.05, 3.63) is 60.4 Å². The highest BCUT2D eigenvalue weighted by Crippen LogP contribution is 2.32. The summed E-state index contributed by atoms with van der Waals surface area (Å²) >= 11 is 1.48. The van der Waals surface area contributed by atoms with Crippen LogP contribution in [0.4, 0.5) is 24.1 Å². The van der Waals surface area contributed by atoms with Crippen molar-refractivity contribution in [2.75, 3.05) is 36.0 Å². The third-order valence-electron chi connectivity index (χ3n) is 5.06. The first-order chi connectivity index (χ1) is 14.5. The van der Waals surface area contributed by atoms with Crippen molar-refractivity contribution in [3.8, 4) is 11.3 Å². The van der Waals surface area contributed by atoms with E-state index in [1.807, 2.05) is 18.2 Å². The van der Waals surface area contributed by atoms with E-state index in [2.05, 4.69) is 24.9 Å². The molecule has 1 aliphatic heterocycles. The first-order valence-corrected chi connectivity index (χ1v) is 10.2. The molecule has 5 rings (SSSR count). The van der Waals surface area contributed by atoms with Crippen LogP contribution in [0.15, 0.2) is 54.9 Å². The largest absolute Gasteiger partial charge is 0.416 e. The molecule has 0 bridgehead atoms. The van der Waals surface area contributed by atoms with Gasteiger partial charge in [0.2, 0.25) is 10.1 Å². The average molecular weight is 430 g/mol. The van der Waals surface area contributed by atoms with Gasteiger partial charge in [0.25, 0.3) is 0 Å². The van der Waals surface area contributed by atoms with Gasteiger partial charge in [-0.2, -0.15) is 13.2 Å². The highest BCUT2D eigenvalue weighted by atomic mass is 32.1. The second-order valence-electron chi connectivity index (χ2n) is 6.98. The van der Waals surface area contributed by atoms with Gasteiger partial charge in [-0.1, -0.05) is 29.5 Å². The summed E-state index contributed by atoms with van der Waals surface area (Å²) in [5.74, 6) is 0.979. The Morgan fingerprint density at radius 3 is 2.27 bits per heavy atom. The van der Waals surface area contributed by atoms with E-state index in [9.17, 15) is 13.2 Å². The fourth-order valence-electron chi connectivity index (χ4n) is 3.45. The number of imidazole rings is 1. The monoisotopic (exact) mass is 430 g/mol. The Balaban J connectivity index is 1.30. The van der Waals surface area contributed by atoms with Crippen LogP contribution in [-0.2, 0) is 6.18 Å². The Labute approximate surface area is 174 Å². The third kappa shape index (κ3) is 3.58. The number of piperazine rings is 1. The van der Waals surface area contributed by atoms with Crippen molar-refractivity contribution >= 4 is 27.2 Å². The van der Waals surface area contributed by atoms with Gasteiger partial charge in [-0.25, -0.2) is 14.5 Å². The molecule has 30 heavy (non-hydrogen) atoms. The highest BCUT2D eigenvalue weighted by Gasteiger charge is 2.30. The molecule has 4 aromatic rings. The summed E-state index contributed by atoms with van der Waals surface area (Å²) in [5.41, 5.74) is 0.567. The second-order valence-corrected chi connectivity index (χ2v) is 7.91. The van der Waals surface area contributed by atoms with Gasteiger partial charge in [-0.05, 0) is 24.3 Å². The maximum absolute atomic E-state index is 12.7. The summed E-state index contributed by atoms with van der Waals surface area (Å²) in [7, 11) is 0. The second kappa shape index (κ2) is 7.28. The number of fused-ring (bicyclic) bond motifs is 1. The maximum Gasteiger partial charge on any atom is 0.416 e. The zero-order valence-corrected chi connectivity index (χ0v) is 16.6. The van der Waals surface area contributed by atoms with E-state index < -0.39 is 11.7 Å². The first kappa shape index (κ1) is 18.9. The molecule has 4 heterocycles. The number of hydrogen-bond donors (Lipinski definition) is 0. The molecule has 0 atom stereocenters. The molecule has 154 valence electrons. The van der Waals surface area contributed by atoms with Gasteiger partial charge >= 0.3 is 6.18 Å². The average Bonchev–Trinajstić information content (AvgIpc) is 3.34. The van der Waals surface area contributed by atoms with Crippen molar-refractivity contribution in [1.82, 2.24) is 19.6 Å². The summed E-state index contributed by atoms with van der Waals surface area (Å²) in [6.45, 7) is 3.38. The lowest BCUT2D eigenvalue weighted by molar-refractivity contribution is -0.137. The number of alkyl halides is 3. The Morgan fingerprint density at radius 1 is 0.900 bits per heavy atom. The molecule has 1 aliphatic rings. The van der Waals surface area contributed by atoms with Crippen molar-refractivity contribution in [3.63, 3.8) is 0 Å². The van der Waals surface area contributed by atoms with E-state index >= 15 is 0 Å². The summed E-state index contributed by atoms with van der Waals surface area (Å²) in [4.78, 5) is 14.1. The molecular weight excluding hydrogens is 413 g/mol. The number of nitrogens with zero attached hydrogens (tertiary/aromatic N) is 6. The summed E-state index contributed by atoms with van der Waals surface area (Å²) in [6.07, 6.45) is -0.794. The molecule has 0 spiro atoms. The lowest BCUT2D eigenvalue weighted by atomic mass is 10.1. The fourth-order valence-corrected chi connectivity index (χ4v) is 4.39. The lowest BCUT2D eigenvalue weighted by Crippen LogP contribution is -2.46. The normalized spacial score (nSPS) is 15.2. The van der Waals surface area contributed by atoms with Gasteiger partial charge in [0.05, 0.1) is 17.5 Å². The molecule has 0 saturated carbocycles. The zero-order valence-electron chi connectivity index (χ0n) is 15.8. The predicted octanol–water partition coefficient (Wildman–Crippen LogP) is 4.20. The molecule has 1 aromatic carbocycles. The first-order valence-electron chi connectivity index (χ1n) is 9.42. The van der Waals surface area contributed by atoms with Crippen LogP contribution in [0.1, 0.15) is 5.56 Å². The molecule has 6 nitrogen and oxygen atoms in total. The molecule has 1 fully saturated rings. The minimum absolute atomic E-state index is 0.606. The number of benzene rings is 1. The zero-order chi connectivity index (χ0) is 20.7. The number of anilines is 2. The van der Waals surface area contributed by atoms with Crippen LogP contribution < -0.4 is 9.80 Å². The number of rotatable bonds is 3. The molecule has 0 aliphatic carbocycles. The van der Waals surface area contributed by atoms with E-state index in [4.69, 9.17) is 0 Å². The number of pyridine rings is 1. The SMILES string of the molecule is FC(F)(F)c1ccc(-c2cn3nc(N4CCN(c5ccccn5)CC4)sc3n2)cc1. The van der Waals surface area contributed by atoms with Gasteiger partial charge in [0.15, 0.2) is 0 Å². The van der Waals surface area contributed by atoms with E-state index in [1.54, 1.807) is 16.9 Å². The topological polar surface area (TPSA) is 49.6 Å². The van der Waals surface area contributed by atoms with Gasteiger partial charge in [0.1, 0.15) is 5.82 Å². The summed E-state index contributed by atoms with van der Waals surface area (Å²) < 4.78 is 39.9. The Bertz CT molecular complexity index is 1110. The minimum Gasteiger partial charge on any atom is -0.353 e. The van der Waals surface area contributed by atoms with Crippen LogP contribution in [0.5, 0.6) is 0 Å². The van der Waals surface area contributed by atoms with Crippen molar-refractivity contribution < 1.29 is 13.2 Å².